The van der Waals surface area contributed by atoms with Crippen LogP contribution >= 0.6 is 0 Å². The van der Waals surface area contributed by atoms with Gasteiger partial charge >= 0.3 is 65.1 Å². The molecule has 0 fully saturated rings. The number of carboxylic acid groups (broad SMARTS) is 1. The van der Waals surface area contributed by atoms with E-state index in [2.05, 4.69) is 0 Å². The third-order valence-corrected chi connectivity index (χ3v) is 5.90. The van der Waals surface area contributed by atoms with E-state index >= 15 is 0 Å². The van der Waals surface area contributed by atoms with Crippen molar-refractivity contribution in [1.29, 1.82) is 0 Å². The molecule has 0 saturated carbocycles. The summed E-state index contributed by atoms with van der Waals surface area (Å²) in [6.07, 6.45) is -0.517. The second-order valence-corrected chi connectivity index (χ2v) is 9.93. The molecule has 0 saturated heterocycles. The molecule has 19 nitrogen and oxygen atoms in total. The number of nitro groups is 2. The van der Waals surface area contributed by atoms with Crippen LogP contribution in [-0.4, -0.2) is 98.9 Å². The quantitative estimate of drug-likeness (QED) is 0.0330. The molecule has 40 heavy (non-hydrogen) atoms. The number of aliphatic hydroxyl groups excluding tert-OH is 2. The number of rotatable bonds is 17. The van der Waals surface area contributed by atoms with E-state index in [4.69, 9.17) is 24.9 Å². The van der Waals surface area contributed by atoms with Gasteiger partial charge in [-0.05, 0) is 12.8 Å². The topological polar surface area (TPSA) is 330 Å². The minimum absolute atomic E-state index is 0. The molecule has 0 aromatic rings. The number of carbonyl (C=O) groups excluding carboxylic acids is 3. The van der Waals surface area contributed by atoms with Crippen molar-refractivity contribution in [2.45, 2.75) is 81.7 Å². The smallest absolute Gasteiger partial charge is 0.746 e. The monoisotopic (exact) mass is 644 g/mol. The van der Waals surface area contributed by atoms with Crippen LogP contribution < -0.4 is 59.1 Å². The summed E-state index contributed by atoms with van der Waals surface area (Å²) in [5.41, 5.74) is -4.61. The Morgan fingerprint density at radius 1 is 0.700 bits per heavy atom. The zero-order valence-electron chi connectivity index (χ0n) is 21.0. The second kappa shape index (κ2) is 28.2. The summed E-state index contributed by atoms with van der Waals surface area (Å²) in [5, 5.41) is 46.1. The second-order valence-electron chi connectivity index (χ2n) is 6.87. The van der Waals surface area contributed by atoms with E-state index < -0.39 is 84.7 Å². The standard InChI is InChI=1S/C7H15NO10S2.C7H11NO4.C2H2O3.CH4.2Na/c9-6(19(13,14)15)3-1-5(8(11)12)2-4-7(10)20(16,17)18;9-5-1-3-7(8(11)12)4-2-6-10;3-1-2(4)5;;;/h5-7,9-10H,1-4H2,(H,13,14,15)(H,16,17,18);5-7H,1-4H2;1H,(H,4,5);1H4;;/q;;;;2*+1/p-2. The van der Waals surface area contributed by atoms with E-state index in [0.717, 1.165) is 0 Å². The molecule has 0 aromatic heterocycles. The molecule has 0 rings (SSSR count). The minimum Gasteiger partial charge on any atom is -0.746 e. The van der Waals surface area contributed by atoms with Gasteiger partial charge in [-0.2, -0.15) is 0 Å². The maximum absolute atomic E-state index is 10.6. The first-order valence-electron chi connectivity index (χ1n) is 9.92. The maximum Gasteiger partial charge on any atom is 1.00 e. The van der Waals surface area contributed by atoms with Gasteiger partial charge in [0, 0.05) is 48.4 Å². The van der Waals surface area contributed by atoms with Crippen molar-refractivity contribution in [3.8, 4) is 0 Å². The van der Waals surface area contributed by atoms with Gasteiger partial charge in [0.25, 0.3) is 0 Å². The van der Waals surface area contributed by atoms with Gasteiger partial charge in [-0.1, -0.05) is 7.43 Å². The van der Waals surface area contributed by atoms with E-state index in [9.17, 15) is 55.8 Å². The van der Waals surface area contributed by atoms with Gasteiger partial charge in [-0.3, -0.25) is 25.0 Å². The molecule has 0 aliphatic heterocycles. The molecule has 0 spiro atoms. The van der Waals surface area contributed by atoms with Crippen molar-refractivity contribution in [3.63, 3.8) is 0 Å². The predicted molar refractivity (Wildman–Crippen MR) is 122 cm³/mol. The molecule has 2 atom stereocenters. The van der Waals surface area contributed by atoms with E-state index in [1.54, 1.807) is 0 Å². The molecule has 0 amide bonds. The first kappa shape index (κ1) is 51.7. The number of nitrogens with zero attached hydrogens (tertiary/aromatic N) is 2. The molecule has 23 heteroatoms. The minimum atomic E-state index is -4.99. The third kappa shape index (κ3) is 31.5. The molecular formula is C17H30N2Na2O17S2. The molecular weight excluding hydrogens is 614 g/mol. The Hall–Kier alpha value is -0.980. The molecule has 2 unspecified atom stereocenters. The van der Waals surface area contributed by atoms with Crippen molar-refractivity contribution >= 4 is 45.1 Å². The molecule has 0 aromatic carbocycles. The number of aliphatic carboxylic acids is 1. The molecule has 0 aliphatic rings. The summed E-state index contributed by atoms with van der Waals surface area (Å²) in [4.78, 5) is 57.3. The molecule has 0 radical (unpaired) electrons. The van der Waals surface area contributed by atoms with Crippen LogP contribution in [0.1, 0.15) is 58.8 Å². The fraction of sp³-hybridized carbons (Fsp3) is 0.765. The average Bonchev–Trinajstić information content (AvgIpc) is 2.77. The van der Waals surface area contributed by atoms with Crippen LogP contribution in [0.3, 0.4) is 0 Å². The van der Waals surface area contributed by atoms with E-state index in [1.807, 2.05) is 0 Å². The van der Waals surface area contributed by atoms with Crippen LogP contribution in [0.5, 0.6) is 0 Å². The van der Waals surface area contributed by atoms with E-state index in [-0.39, 0.29) is 98.5 Å². The Balaban J connectivity index is -0.000000124. The third-order valence-electron chi connectivity index (χ3n) is 4.09. The summed E-state index contributed by atoms with van der Waals surface area (Å²) < 4.78 is 62.3. The van der Waals surface area contributed by atoms with Gasteiger partial charge in [0.15, 0.2) is 0 Å². The zero-order valence-corrected chi connectivity index (χ0v) is 26.6. The fourth-order valence-corrected chi connectivity index (χ4v) is 3.04. The Kier molecular flexibility index (Phi) is 36.4. The number of carbonyl (C=O) groups is 4. The van der Waals surface area contributed by atoms with E-state index in [1.165, 1.54) is 0 Å². The van der Waals surface area contributed by atoms with Crippen LogP contribution in [0.4, 0.5) is 0 Å². The summed E-state index contributed by atoms with van der Waals surface area (Å²) in [6.45, 7) is 0. The Labute approximate surface area is 274 Å². The van der Waals surface area contributed by atoms with Crippen LogP contribution in [0.25, 0.3) is 0 Å². The average molecular weight is 645 g/mol. The maximum atomic E-state index is 10.6. The Morgan fingerprint density at radius 3 is 1.12 bits per heavy atom. The zero-order chi connectivity index (χ0) is 29.8. The number of hydrogen-bond acceptors (Lipinski definition) is 16. The van der Waals surface area contributed by atoms with Crippen LogP contribution in [-0.2, 0) is 39.4 Å². The van der Waals surface area contributed by atoms with Gasteiger partial charge < -0.3 is 34.0 Å². The van der Waals surface area contributed by atoms with Crippen molar-refractivity contribution in [2.24, 2.45) is 0 Å². The van der Waals surface area contributed by atoms with Crippen LogP contribution in [0.2, 0.25) is 0 Å². The summed E-state index contributed by atoms with van der Waals surface area (Å²) in [5.74, 6) is -1.43. The summed E-state index contributed by atoms with van der Waals surface area (Å²) >= 11 is 0. The normalized spacial score (nSPS) is 12.4. The van der Waals surface area contributed by atoms with Crippen LogP contribution in [0, 0.1) is 20.2 Å². The first-order valence-corrected chi connectivity index (χ1v) is 12.9. The van der Waals surface area contributed by atoms with Gasteiger partial charge in [0.1, 0.15) is 43.7 Å². The predicted octanol–water partition coefficient (Wildman–Crippen LogP) is -7.58. The Morgan fingerprint density at radius 2 is 0.950 bits per heavy atom. The molecule has 3 N–H and O–H groups in total. The van der Waals surface area contributed by atoms with Crippen molar-refractivity contribution < 1.29 is 129 Å². The van der Waals surface area contributed by atoms with Gasteiger partial charge in [0.2, 0.25) is 18.4 Å². The van der Waals surface area contributed by atoms with E-state index in [0.29, 0.717) is 12.6 Å². The van der Waals surface area contributed by atoms with Crippen molar-refractivity contribution in [2.75, 3.05) is 0 Å². The Bertz CT molecular complexity index is 909. The number of aliphatic hydroxyl groups is 2. The summed E-state index contributed by atoms with van der Waals surface area (Å²) in [6, 6.07) is -2.25. The molecule has 224 valence electrons. The SMILES string of the molecule is C.O=CC(=O)O.O=CCCC(CCC=O)[N+](=O)[O-].O=[N+]([O-])C(CCC(O)S(=O)(=O)[O-])CCC(O)S(=O)(=O)[O-].[Na+].[Na+]. The number of aldehydes is 3. The van der Waals surface area contributed by atoms with Crippen molar-refractivity contribution in [3.05, 3.63) is 20.2 Å². The van der Waals surface area contributed by atoms with Gasteiger partial charge in [0.05, 0.1) is 0 Å². The van der Waals surface area contributed by atoms with Crippen molar-refractivity contribution in [1.82, 2.24) is 0 Å². The van der Waals surface area contributed by atoms with Crippen LogP contribution in [0.15, 0.2) is 0 Å². The molecule has 0 heterocycles. The summed E-state index contributed by atoms with van der Waals surface area (Å²) in [7, 11) is -9.98. The number of carboxylic acids is 1. The van der Waals surface area contributed by atoms with Gasteiger partial charge in [-0.25, -0.2) is 21.6 Å². The molecule has 0 bridgehead atoms. The van der Waals surface area contributed by atoms with Gasteiger partial charge in [-0.15, -0.1) is 0 Å². The molecule has 0 aliphatic carbocycles. The number of hydrogen-bond donors (Lipinski definition) is 3. The largest absolute Gasteiger partial charge is 1.00 e. The fourth-order valence-electron chi connectivity index (χ4n) is 2.19. The first-order chi connectivity index (χ1) is 16.8.